The van der Waals surface area contributed by atoms with Gasteiger partial charge < -0.3 is 53.6 Å². The molecule has 4 heterocycles. The van der Waals surface area contributed by atoms with Gasteiger partial charge in [-0.3, -0.25) is 38.8 Å². The zero-order valence-electron chi connectivity index (χ0n) is 28.1. The van der Waals surface area contributed by atoms with E-state index in [0.29, 0.717) is 10.3 Å². The van der Waals surface area contributed by atoms with Crippen molar-refractivity contribution in [2.45, 2.75) is 107 Å². The summed E-state index contributed by atoms with van der Waals surface area (Å²) in [4.78, 5) is 79.5. The second kappa shape index (κ2) is 17.5. The van der Waals surface area contributed by atoms with Gasteiger partial charge in [-0.2, -0.15) is 0 Å². The molecule has 0 saturated carbocycles. The van der Waals surface area contributed by atoms with Crippen LogP contribution in [0.4, 0.5) is 0 Å². The number of nitrogens with zero attached hydrogens (tertiary/aromatic N) is 2. The van der Waals surface area contributed by atoms with Crippen molar-refractivity contribution < 1.29 is 71.8 Å². The predicted molar refractivity (Wildman–Crippen MR) is 172 cm³/mol. The molecule has 10 atom stereocenters. The minimum Gasteiger partial charge on any atom is -0.463 e. The molecule has 0 unspecified atom stereocenters. The van der Waals surface area contributed by atoms with Gasteiger partial charge in [0.2, 0.25) is 0 Å². The van der Waals surface area contributed by atoms with Crippen molar-refractivity contribution >= 4 is 69.7 Å². The van der Waals surface area contributed by atoms with Gasteiger partial charge in [0.1, 0.15) is 37.9 Å². The molecule has 0 aromatic carbocycles. The molecule has 0 amide bonds. The average molecular weight is 749 g/mol. The third kappa shape index (κ3) is 10.7. The van der Waals surface area contributed by atoms with Gasteiger partial charge in [-0.05, 0) is 0 Å². The Morgan fingerprint density at radius 2 is 0.960 bits per heavy atom. The number of aliphatic hydroxyl groups excluding tert-OH is 1. The number of aliphatic imine (C=N–C) groups is 2. The quantitative estimate of drug-likeness (QED) is 0.156. The molecule has 4 saturated heterocycles. The molecule has 0 aliphatic carbocycles. The zero-order chi connectivity index (χ0) is 36.7. The molecule has 278 valence electrons. The van der Waals surface area contributed by atoms with Crippen LogP contribution in [0, 0.1) is 0 Å². The summed E-state index contributed by atoms with van der Waals surface area (Å²) in [6.07, 6.45) is -8.58. The van der Waals surface area contributed by atoms with Gasteiger partial charge >= 0.3 is 35.8 Å². The fraction of sp³-hybridized carbons (Fsp3) is 0.724. The van der Waals surface area contributed by atoms with Gasteiger partial charge in [-0.15, -0.1) is 0 Å². The van der Waals surface area contributed by atoms with E-state index in [2.05, 4.69) is 20.6 Å². The Morgan fingerprint density at radius 3 is 1.28 bits per heavy atom. The van der Waals surface area contributed by atoms with Crippen LogP contribution in [0.25, 0.3) is 0 Å². The summed E-state index contributed by atoms with van der Waals surface area (Å²) < 4.78 is 44.2. The van der Waals surface area contributed by atoms with E-state index >= 15 is 0 Å². The first-order valence-corrected chi connectivity index (χ1v) is 17.3. The maximum absolute atomic E-state index is 12.0. The highest BCUT2D eigenvalue weighted by Gasteiger charge is 2.55. The van der Waals surface area contributed by atoms with E-state index in [1.165, 1.54) is 65.1 Å². The van der Waals surface area contributed by atoms with E-state index in [1.54, 1.807) is 0 Å². The van der Waals surface area contributed by atoms with E-state index in [9.17, 15) is 33.9 Å². The first-order valence-electron chi connectivity index (χ1n) is 15.5. The van der Waals surface area contributed by atoms with Crippen molar-refractivity contribution in [3.8, 4) is 0 Å². The average Bonchev–Trinajstić information content (AvgIpc) is 3.62. The van der Waals surface area contributed by atoms with Crippen LogP contribution in [-0.2, 0) is 66.7 Å². The van der Waals surface area contributed by atoms with Gasteiger partial charge in [0, 0.05) is 41.5 Å². The van der Waals surface area contributed by atoms with Crippen molar-refractivity contribution in [2.24, 2.45) is 9.98 Å². The second-order valence-electron chi connectivity index (χ2n) is 11.5. The lowest BCUT2D eigenvalue weighted by atomic mass is 9.99. The Balaban J connectivity index is 1.41. The number of carbonyl (C=O) groups excluding carboxylic acids is 6. The minimum atomic E-state index is -1.07. The molecule has 0 spiro atoms. The first kappa shape index (κ1) is 39.1. The lowest BCUT2D eigenvalue weighted by molar-refractivity contribution is -0.213. The number of hydrogen-bond donors (Lipinski definition) is 3. The van der Waals surface area contributed by atoms with Gasteiger partial charge in [0.25, 0.3) is 0 Å². The van der Waals surface area contributed by atoms with E-state index < -0.39 is 101 Å². The first-order chi connectivity index (χ1) is 23.6. The molecular formula is C29H40N4O15S2. The van der Waals surface area contributed by atoms with Crippen LogP contribution in [0.5, 0.6) is 0 Å². The fourth-order valence-electron chi connectivity index (χ4n) is 5.48. The lowest BCUT2D eigenvalue weighted by Crippen LogP contribution is -2.61. The molecule has 0 aromatic rings. The summed E-state index contributed by atoms with van der Waals surface area (Å²) in [7, 11) is 0. The highest BCUT2D eigenvalue weighted by Crippen LogP contribution is 2.39. The molecule has 4 rings (SSSR count). The number of fused-ring (bicyclic) bond motifs is 2. The number of esters is 6. The van der Waals surface area contributed by atoms with Crippen LogP contribution >= 0.6 is 23.5 Å². The molecule has 50 heavy (non-hydrogen) atoms. The van der Waals surface area contributed by atoms with Gasteiger partial charge in [0.05, 0.1) is 29.7 Å². The van der Waals surface area contributed by atoms with Crippen LogP contribution < -0.4 is 10.6 Å². The fourth-order valence-corrected chi connectivity index (χ4v) is 7.86. The Labute approximate surface area is 295 Å². The Kier molecular flexibility index (Phi) is 13.7. The van der Waals surface area contributed by atoms with Crippen LogP contribution in [0.1, 0.15) is 41.5 Å². The molecule has 3 N–H and O–H groups in total. The molecule has 4 aliphatic rings. The molecule has 21 heteroatoms. The maximum atomic E-state index is 12.0. The monoisotopic (exact) mass is 748 g/mol. The van der Waals surface area contributed by atoms with E-state index in [-0.39, 0.29) is 26.3 Å². The number of hydrogen-bond acceptors (Lipinski definition) is 19. The predicted octanol–water partition coefficient (Wildman–Crippen LogP) is -1.23. The van der Waals surface area contributed by atoms with Crippen molar-refractivity contribution in [1.82, 2.24) is 10.6 Å². The Bertz CT molecular complexity index is 1280. The van der Waals surface area contributed by atoms with Crippen LogP contribution in [0.15, 0.2) is 9.98 Å². The maximum Gasteiger partial charge on any atom is 0.303 e. The van der Waals surface area contributed by atoms with Gasteiger partial charge in [0.15, 0.2) is 34.8 Å². The summed E-state index contributed by atoms with van der Waals surface area (Å²) in [5, 5.41) is 16.4. The molecule has 0 aromatic heterocycles. The van der Waals surface area contributed by atoms with Crippen LogP contribution in [0.2, 0.25) is 0 Å². The highest BCUT2D eigenvalue weighted by atomic mass is 32.2. The molecule has 4 aliphatic heterocycles. The van der Waals surface area contributed by atoms with E-state index in [0.717, 1.165) is 0 Å². The van der Waals surface area contributed by atoms with Crippen LogP contribution in [0.3, 0.4) is 0 Å². The Hall–Kier alpha value is -3.66. The number of thioether (sulfide) groups is 2. The number of ether oxygens (including phenoxy) is 8. The summed E-state index contributed by atoms with van der Waals surface area (Å²) >= 11 is 2.33. The van der Waals surface area contributed by atoms with Crippen molar-refractivity contribution in [3.63, 3.8) is 0 Å². The van der Waals surface area contributed by atoms with Gasteiger partial charge in [-0.25, -0.2) is 0 Å². The summed E-state index contributed by atoms with van der Waals surface area (Å²) in [6.45, 7) is 6.52. The molecule has 0 bridgehead atoms. The zero-order valence-corrected chi connectivity index (χ0v) is 29.7. The SMILES string of the molecule is CC(=O)OC[C@H]1O[C@@H]2NC(=NCC(O)CN=C3N[C@H]4O[C@H](COC(C)=O)[C@@H](OC(C)=O)[C@H](OC(C)=O)[C@H]4S3)S[C@@H]2[C@@H](OC(C)=O)[C@@H]1OC(C)=O. The summed E-state index contributed by atoms with van der Waals surface area (Å²) in [5.41, 5.74) is 0. The van der Waals surface area contributed by atoms with Crippen LogP contribution in [-0.4, -0.2) is 143 Å². The third-order valence-corrected chi connectivity index (χ3v) is 9.81. The van der Waals surface area contributed by atoms with Crippen molar-refractivity contribution in [1.29, 1.82) is 0 Å². The lowest BCUT2D eigenvalue weighted by Gasteiger charge is -2.41. The smallest absolute Gasteiger partial charge is 0.303 e. The molecular weight excluding hydrogens is 708 g/mol. The number of amidine groups is 2. The normalized spacial score (nSPS) is 33.5. The van der Waals surface area contributed by atoms with E-state index in [1.807, 2.05) is 0 Å². The summed E-state index contributed by atoms with van der Waals surface area (Å²) in [6, 6.07) is 0. The largest absolute Gasteiger partial charge is 0.463 e. The van der Waals surface area contributed by atoms with Crippen molar-refractivity contribution in [2.75, 3.05) is 26.3 Å². The second-order valence-corrected chi connectivity index (χ2v) is 13.8. The van der Waals surface area contributed by atoms with E-state index in [4.69, 9.17) is 37.9 Å². The number of aliphatic hydroxyl groups is 1. The minimum absolute atomic E-state index is 0.100. The number of carbonyl (C=O) groups is 6. The topological polar surface area (TPSA) is 245 Å². The summed E-state index contributed by atoms with van der Waals surface area (Å²) in [5.74, 6) is -3.69. The molecule has 0 radical (unpaired) electrons. The Morgan fingerprint density at radius 1 is 0.620 bits per heavy atom. The molecule has 4 fully saturated rings. The van der Waals surface area contributed by atoms with Gasteiger partial charge in [-0.1, -0.05) is 23.5 Å². The molecule has 19 nitrogen and oxygen atoms in total. The number of rotatable bonds is 12. The standard InChI is InChI=1S/C29H40N4O15S2/c1-11(34)41-9-18-20(43-13(3)36)22(45-15(5)38)24-26(47-18)32-28(49-24)30-7-17(40)8-31-29-33-27-25(50-29)23(46-16(6)39)21(44-14(4)37)19(48-27)10-42-12(2)35/h17-27,40H,7-10H2,1-6H3,(H,30,32)(H,31,33)/t18-,19-,20-,21-,22+,23+,24-,25-,26+,27+/m1/s1. The number of nitrogens with one attached hydrogen (secondary N) is 2. The van der Waals surface area contributed by atoms with Crippen molar-refractivity contribution in [3.05, 3.63) is 0 Å². The third-order valence-electron chi connectivity index (χ3n) is 7.30. The highest BCUT2D eigenvalue weighted by molar-refractivity contribution is 8.15.